The van der Waals surface area contributed by atoms with Crippen LogP contribution in [0.15, 0.2) is 46.6 Å². The number of aryl methyl sites for hydroxylation is 2. The van der Waals surface area contributed by atoms with E-state index in [0.717, 1.165) is 22.3 Å². The maximum absolute atomic E-state index is 10.7. The molecule has 0 atom stereocenters. The van der Waals surface area contributed by atoms with Crippen LogP contribution in [-0.4, -0.2) is 14.1 Å². The summed E-state index contributed by atoms with van der Waals surface area (Å²) in [7, 11) is 5.77. The molecule has 0 saturated heterocycles. The molecule has 0 unspecified atom stereocenters. The van der Waals surface area contributed by atoms with Gasteiger partial charge in [-0.3, -0.25) is 4.99 Å². The van der Waals surface area contributed by atoms with Gasteiger partial charge in [0.1, 0.15) is 13.5 Å². The average Bonchev–Trinajstić information content (AvgIpc) is 2.38. The average molecular weight is 248 g/mol. The first-order valence-electron chi connectivity index (χ1n) is 5.95. The van der Waals surface area contributed by atoms with E-state index < -0.39 is 0 Å². The number of hydrogen-bond acceptors (Lipinski definition) is 3. The molecule has 2 radical (unpaired) electrons. The number of hydrogen-bond donors (Lipinski definition) is 0. The van der Waals surface area contributed by atoms with Gasteiger partial charge in [-0.05, 0) is 36.2 Å². The standard InChI is InChI=1S/C15H13BN2O/c1-10-7-13(16)8-11(2)15(10)17-9-12-5-3-4-6-14(12)18-19/h3-9H,1-2H3. The zero-order valence-corrected chi connectivity index (χ0v) is 10.9. The van der Waals surface area contributed by atoms with E-state index in [-0.39, 0.29) is 0 Å². The van der Waals surface area contributed by atoms with Crippen molar-refractivity contribution in [3.05, 3.63) is 58.0 Å². The molecule has 19 heavy (non-hydrogen) atoms. The molecule has 0 amide bonds. The Morgan fingerprint density at radius 2 is 1.74 bits per heavy atom. The highest BCUT2D eigenvalue weighted by atomic mass is 16.3. The summed E-state index contributed by atoms with van der Waals surface area (Å²) in [5.74, 6) is 0. The molecule has 2 rings (SSSR count). The summed E-state index contributed by atoms with van der Waals surface area (Å²) in [5.41, 5.74) is 4.69. The molecule has 0 fully saturated rings. The molecule has 4 heteroatoms. The van der Waals surface area contributed by atoms with Crippen molar-refractivity contribution in [2.45, 2.75) is 13.8 Å². The fraction of sp³-hybridized carbons (Fsp3) is 0.133. The van der Waals surface area contributed by atoms with Gasteiger partial charge in [-0.25, -0.2) is 0 Å². The minimum Gasteiger partial charge on any atom is -0.256 e. The van der Waals surface area contributed by atoms with Gasteiger partial charge in [-0.2, -0.15) is 0 Å². The molecule has 2 aromatic rings. The largest absolute Gasteiger partial charge is 0.256 e. The first kappa shape index (κ1) is 13.2. The highest BCUT2D eigenvalue weighted by Crippen LogP contribution is 2.23. The number of nitrogens with zero attached hydrogens (tertiary/aromatic N) is 2. The van der Waals surface area contributed by atoms with Gasteiger partial charge in [0.15, 0.2) is 0 Å². The first-order chi connectivity index (χ1) is 9.11. The Hall–Kier alpha value is -2.23. The zero-order valence-electron chi connectivity index (χ0n) is 10.9. The highest BCUT2D eigenvalue weighted by Gasteiger charge is 2.03. The van der Waals surface area contributed by atoms with Crippen LogP contribution in [0.5, 0.6) is 0 Å². The molecule has 0 aliphatic rings. The molecule has 92 valence electrons. The van der Waals surface area contributed by atoms with Gasteiger partial charge < -0.3 is 0 Å². The second kappa shape index (κ2) is 5.61. The van der Waals surface area contributed by atoms with E-state index in [4.69, 9.17) is 7.85 Å². The summed E-state index contributed by atoms with van der Waals surface area (Å²) >= 11 is 0. The number of aliphatic imine (C=N–C) groups is 1. The van der Waals surface area contributed by atoms with E-state index in [0.29, 0.717) is 11.3 Å². The van der Waals surface area contributed by atoms with Gasteiger partial charge in [0.25, 0.3) is 0 Å². The molecular weight excluding hydrogens is 235 g/mol. The lowest BCUT2D eigenvalue weighted by Crippen LogP contribution is -2.03. The van der Waals surface area contributed by atoms with Crippen LogP contribution in [0.25, 0.3) is 0 Å². The first-order valence-corrected chi connectivity index (χ1v) is 5.95. The normalized spacial score (nSPS) is 10.8. The summed E-state index contributed by atoms with van der Waals surface area (Å²) in [6.07, 6.45) is 1.66. The zero-order chi connectivity index (χ0) is 13.8. The Morgan fingerprint density at radius 1 is 1.11 bits per heavy atom. The topological polar surface area (TPSA) is 41.8 Å². The second-order valence-electron chi connectivity index (χ2n) is 4.41. The maximum Gasteiger partial charge on any atom is 0.116 e. The summed E-state index contributed by atoms with van der Waals surface area (Å²) < 4.78 is 0. The Bertz CT molecular complexity index is 627. The van der Waals surface area contributed by atoms with Gasteiger partial charge in [0, 0.05) is 11.8 Å². The monoisotopic (exact) mass is 248 g/mol. The molecule has 0 heterocycles. The van der Waals surface area contributed by atoms with Gasteiger partial charge in [-0.15, -0.1) is 4.91 Å². The van der Waals surface area contributed by atoms with Crippen LogP contribution in [0.1, 0.15) is 16.7 Å². The predicted octanol–water partition coefficient (Wildman–Crippen LogP) is 3.25. The molecule has 0 aromatic heterocycles. The maximum atomic E-state index is 10.7. The van der Waals surface area contributed by atoms with Crippen molar-refractivity contribution < 1.29 is 0 Å². The fourth-order valence-electron chi connectivity index (χ4n) is 2.01. The van der Waals surface area contributed by atoms with Crippen molar-refractivity contribution in [3.8, 4) is 0 Å². The van der Waals surface area contributed by atoms with Gasteiger partial charge in [0.05, 0.1) is 5.69 Å². The lowest BCUT2D eigenvalue weighted by atomic mass is 9.91. The van der Waals surface area contributed by atoms with Crippen molar-refractivity contribution in [1.29, 1.82) is 0 Å². The smallest absolute Gasteiger partial charge is 0.116 e. The molecule has 2 aromatic carbocycles. The highest BCUT2D eigenvalue weighted by molar-refractivity contribution is 6.32. The van der Waals surface area contributed by atoms with E-state index in [2.05, 4.69) is 10.2 Å². The quantitative estimate of drug-likeness (QED) is 0.467. The number of rotatable bonds is 3. The van der Waals surface area contributed by atoms with Crippen molar-refractivity contribution >= 4 is 30.9 Å². The number of nitroso groups, excluding NO2 is 1. The van der Waals surface area contributed by atoms with E-state index in [1.165, 1.54) is 0 Å². The molecule has 0 saturated carbocycles. The van der Waals surface area contributed by atoms with Crippen LogP contribution in [0.3, 0.4) is 0 Å². The molecule has 0 spiro atoms. The van der Waals surface area contributed by atoms with Crippen LogP contribution in [0.4, 0.5) is 11.4 Å². The predicted molar refractivity (Wildman–Crippen MR) is 80.5 cm³/mol. The van der Waals surface area contributed by atoms with Crippen molar-refractivity contribution in [2.24, 2.45) is 10.2 Å². The van der Waals surface area contributed by atoms with Crippen LogP contribution in [0.2, 0.25) is 0 Å². The SMILES string of the molecule is [B]c1cc(C)c(N=Cc2ccccc2N=O)c(C)c1. The Labute approximate surface area is 113 Å². The van der Waals surface area contributed by atoms with Crippen LogP contribution >= 0.6 is 0 Å². The third kappa shape index (κ3) is 2.96. The third-order valence-electron chi connectivity index (χ3n) is 2.88. The van der Waals surface area contributed by atoms with Gasteiger partial charge in [0.2, 0.25) is 0 Å². The molecule has 0 N–H and O–H groups in total. The summed E-state index contributed by atoms with van der Waals surface area (Å²) in [6.45, 7) is 3.92. The van der Waals surface area contributed by atoms with E-state index in [1.807, 2.05) is 38.1 Å². The van der Waals surface area contributed by atoms with Crippen molar-refractivity contribution in [2.75, 3.05) is 0 Å². The second-order valence-corrected chi connectivity index (χ2v) is 4.41. The third-order valence-corrected chi connectivity index (χ3v) is 2.88. The van der Waals surface area contributed by atoms with Crippen LogP contribution < -0.4 is 5.46 Å². The Kier molecular flexibility index (Phi) is 3.90. The number of benzene rings is 2. The summed E-state index contributed by atoms with van der Waals surface area (Å²) in [4.78, 5) is 15.1. The Balaban J connectivity index is 2.41. The molecule has 0 bridgehead atoms. The van der Waals surface area contributed by atoms with Crippen LogP contribution in [0, 0.1) is 18.8 Å². The lowest BCUT2D eigenvalue weighted by molar-refractivity contribution is 1.34. The van der Waals surface area contributed by atoms with Crippen LogP contribution in [-0.2, 0) is 0 Å². The summed E-state index contributed by atoms with van der Waals surface area (Å²) in [5, 5.41) is 2.98. The molecule has 3 nitrogen and oxygen atoms in total. The molecule has 0 aliphatic carbocycles. The minimum atomic E-state index is 0.386. The lowest BCUT2D eigenvalue weighted by Gasteiger charge is -2.06. The van der Waals surface area contributed by atoms with E-state index in [1.54, 1.807) is 18.3 Å². The molecular formula is C15H13BN2O. The molecule has 0 aliphatic heterocycles. The van der Waals surface area contributed by atoms with E-state index in [9.17, 15) is 4.91 Å². The van der Waals surface area contributed by atoms with Gasteiger partial charge in [-0.1, -0.05) is 35.8 Å². The Morgan fingerprint density at radius 3 is 2.37 bits per heavy atom. The van der Waals surface area contributed by atoms with Gasteiger partial charge >= 0.3 is 0 Å². The van der Waals surface area contributed by atoms with E-state index >= 15 is 0 Å². The minimum absolute atomic E-state index is 0.386. The van der Waals surface area contributed by atoms with Crippen molar-refractivity contribution in [1.82, 2.24) is 0 Å². The fourth-order valence-corrected chi connectivity index (χ4v) is 2.01. The van der Waals surface area contributed by atoms with Crippen molar-refractivity contribution in [3.63, 3.8) is 0 Å². The summed E-state index contributed by atoms with van der Waals surface area (Å²) in [6, 6.07) is 10.8.